The van der Waals surface area contributed by atoms with Crippen LogP contribution in [0.2, 0.25) is 0 Å². The SMILES string of the molecule is O=C(C1CCOCC1)N1CCOC[C@]2(CCN(Cc3nccs3)C2)C1. The molecule has 0 aromatic carbocycles. The third-order valence-electron chi connectivity index (χ3n) is 5.68. The van der Waals surface area contributed by atoms with Crippen molar-refractivity contribution in [2.45, 2.75) is 25.8 Å². The minimum Gasteiger partial charge on any atom is -0.381 e. The molecule has 138 valence electrons. The van der Waals surface area contributed by atoms with Crippen LogP contribution in [0.1, 0.15) is 24.3 Å². The van der Waals surface area contributed by atoms with E-state index in [-0.39, 0.29) is 11.3 Å². The second kappa shape index (κ2) is 7.70. The van der Waals surface area contributed by atoms with E-state index in [1.807, 2.05) is 11.6 Å². The van der Waals surface area contributed by atoms with Gasteiger partial charge in [0.05, 0.1) is 19.8 Å². The van der Waals surface area contributed by atoms with E-state index in [0.717, 1.165) is 58.6 Å². The van der Waals surface area contributed by atoms with Gasteiger partial charge in [0.15, 0.2) is 0 Å². The number of carbonyl (C=O) groups excluding carboxylic acids is 1. The Hall–Kier alpha value is -1.02. The monoisotopic (exact) mass is 365 g/mol. The zero-order valence-corrected chi connectivity index (χ0v) is 15.5. The molecule has 7 heteroatoms. The zero-order chi connectivity index (χ0) is 17.1. The molecule has 1 spiro atoms. The predicted octanol–water partition coefficient (Wildman–Crippen LogP) is 1.62. The van der Waals surface area contributed by atoms with E-state index < -0.39 is 0 Å². The summed E-state index contributed by atoms with van der Waals surface area (Å²) in [6, 6.07) is 0. The Labute approximate surface area is 153 Å². The highest BCUT2D eigenvalue weighted by Gasteiger charge is 2.43. The number of hydrogen-bond donors (Lipinski definition) is 0. The van der Waals surface area contributed by atoms with Gasteiger partial charge in [-0.15, -0.1) is 11.3 Å². The molecule has 25 heavy (non-hydrogen) atoms. The molecule has 3 saturated heterocycles. The normalized spacial score (nSPS) is 29.2. The van der Waals surface area contributed by atoms with E-state index in [1.165, 1.54) is 5.01 Å². The lowest BCUT2D eigenvalue weighted by atomic mass is 9.87. The van der Waals surface area contributed by atoms with Gasteiger partial charge in [-0.2, -0.15) is 0 Å². The van der Waals surface area contributed by atoms with E-state index >= 15 is 0 Å². The van der Waals surface area contributed by atoms with Crippen molar-refractivity contribution >= 4 is 17.2 Å². The average Bonchev–Trinajstić information content (AvgIpc) is 3.23. The molecule has 0 unspecified atom stereocenters. The van der Waals surface area contributed by atoms with E-state index in [1.54, 1.807) is 11.3 Å². The first-order valence-electron chi connectivity index (χ1n) is 9.29. The van der Waals surface area contributed by atoms with Gasteiger partial charge in [-0.3, -0.25) is 9.69 Å². The van der Waals surface area contributed by atoms with Crippen LogP contribution in [0.3, 0.4) is 0 Å². The summed E-state index contributed by atoms with van der Waals surface area (Å²) >= 11 is 1.71. The van der Waals surface area contributed by atoms with Crippen molar-refractivity contribution in [1.29, 1.82) is 0 Å². The summed E-state index contributed by atoms with van der Waals surface area (Å²) in [6.07, 6.45) is 4.68. The van der Waals surface area contributed by atoms with Crippen molar-refractivity contribution in [2.75, 3.05) is 52.6 Å². The molecule has 6 nitrogen and oxygen atoms in total. The van der Waals surface area contributed by atoms with E-state index in [2.05, 4.69) is 14.8 Å². The van der Waals surface area contributed by atoms with Crippen LogP contribution < -0.4 is 0 Å². The third-order valence-corrected chi connectivity index (χ3v) is 6.45. The van der Waals surface area contributed by atoms with Crippen molar-refractivity contribution in [3.63, 3.8) is 0 Å². The zero-order valence-electron chi connectivity index (χ0n) is 14.7. The Morgan fingerprint density at radius 1 is 1.24 bits per heavy atom. The molecule has 0 radical (unpaired) electrons. The maximum absolute atomic E-state index is 13.0. The van der Waals surface area contributed by atoms with Gasteiger partial charge in [0.1, 0.15) is 5.01 Å². The smallest absolute Gasteiger partial charge is 0.225 e. The lowest BCUT2D eigenvalue weighted by Crippen LogP contribution is -2.46. The van der Waals surface area contributed by atoms with Gasteiger partial charge in [-0.05, 0) is 25.8 Å². The molecule has 0 saturated carbocycles. The van der Waals surface area contributed by atoms with Gasteiger partial charge >= 0.3 is 0 Å². The molecule has 1 aromatic rings. The van der Waals surface area contributed by atoms with Crippen LogP contribution in [0.5, 0.6) is 0 Å². The predicted molar refractivity (Wildman–Crippen MR) is 95.4 cm³/mol. The fourth-order valence-electron chi connectivity index (χ4n) is 4.32. The fourth-order valence-corrected chi connectivity index (χ4v) is 4.97. The first-order chi connectivity index (χ1) is 12.2. The molecule has 0 bridgehead atoms. The van der Waals surface area contributed by atoms with Crippen LogP contribution in [-0.2, 0) is 20.8 Å². The molecule has 3 fully saturated rings. The van der Waals surface area contributed by atoms with Crippen molar-refractivity contribution in [2.24, 2.45) is 11.3 Å². The van der Waals surface area contributed by atoms with Gasteiger partial charge in [0.2, 0.25) is 5.91 Å². The van der Waals surface area contributed by atoms with Crippen LogP contribution in [0.15, 0.2) is 11.6 Å². The topological polar surface area (TPSA) is 54.9 Å². The second-order valence-corrected chi connectivity index (χ2v) is 8.56. The van der Waals surface area contributed by atoms with Crippen molar-refractivity contribution in [3.05, 3.63) is 16.6 Å². The summed E-state index contributed by atoms with van der Waals surface area (Å²) in [4.78, 5) is 21.9. The summed E-state index contributed by atoms with van der Waals surface area (Å²) in [6.45, 7) is 7.37. The molecule has 3 aliphatic rings. The molecule has 0 aliphatic carbocycles. The molecule has 4 heterocycles. The molecule has 3 aliphatic heterocycles. The van der Waals surface area contributed by atoms with Crippen LogP contribution >= 0.6 is 11.3 Å². The number of aromatic nitrogens is 1. The lowest BCUT2D eigenvalue weighted by molar-refractivity contribution is -0.139. The van der Waals surface area contributed by atoms with Crippen LogP contribution in [0.4, 0.5) is 0 Å². The lowest BCUT2D eigenvalue weighted by Gasteiger charge is -2.34. The van der Waals surface area contributed by atoms with Crippen LogP contribution in [0.25, 0.3) is 0 Å². The number of rotatable bonds is 3. The summed E-state index contributed by atoms with van der Waals surface area (Å²) in [7, 11) is 0. The maximum atomic E-state index is 13.0. The molecular weight excluding hydrogens is 338 g/mol. The highest BCUT2D eigenvalue weighted by Crippen LogP contribution is 2.35. The third kappa shape index (κ3) is 4.05. The van der Waals surface area contributed by atoms with Gasteiger partial charge in [0, 0.05) is 55.8 Å². The largest absolute Gasteiger partial charge is 0.381 e. The molecule has 1 atom stereocenters. The van der Waals surface area contributed by atoms with E-state index in [9.17, 15) is 4.79 Å². The summed E-state index contributed by atoms with van der Waals surface area (Å²) in [5.74, 6) is 0.447. The van der Waals surface area contributed by atoms with Crippen molar-refractivity contribution in [3.8, 4) is 0 Å². The minimum absolute atomic E-state index is 0.0780. The highest BCUT2D eigenvalue weighted by molar-refractivity contribution is 7.09. The number of ether oxygens (including phenoxy) is 2. The molecule has 1 amide bonds. The first kappa shape index (κ1) is 17.4. The Bertz CT molecular complexity index is 576. The highest BCUT2D eigenvalue weighted by atomic mass is 32.1. The number of amides is 1. The molecule has 0 N–H and O–H groups in total. The number of thiazole rings is 1. The number of hydrogen-bond acceptors (Lipinski definition) is 6. The maximum Gasteiger partial charge on any atom is 0.225 e. The molecule has 1 aromatic heterocycles. The Morgan fingerprint density at radius 3 is 2.92 bits per heavy atom. The number of carbonyl (C=O) groups is 1. The van der Waals surface area contributed by atoms with E-state index in [0.29, 0.717) is 25.7 Å². The number of nitrogens with zero attached hydrogens (tertiary/aromatic N) is 3. The quantitative estimate of drug-likeness (QED) is 0.815. The van der Waals surface area contributed by atoms with Crippen LogP contribution in [-0.4, -0.2) is 73.3 Å². The number of likely N-dealkylation sites (tertiary alicyclic amines) is 1. The first-order valence-corrected chi connectivity index (χ1v) is 10.2. The van der Waals surface area contributed by atoms with E-state index in [4.69, 9.17) is 9.47 Å². The van der Waals surface area contributed by atoms with Crippen molar-refractivity contribution in [1.82, 2.24) is 14.8 Å². The fraction of sp³-hybridized carbons (Fsp3) is 0.778. The average molecular weight is 365 g/mol. The second-order valence-electron chi connectivity index (χ2n) is 7.59. The molecule has 4 rings (SSSR count). The standard InChI is InChI=1S/C18H27N3O3S/c22-17(15-1-7-23-8-2-15)21-6-9-24-14-18(13-21)3-5-20(12-18)11-16-19-4-10-25-16/h4,10,15H,1-3,5-9,11-14H2/t18-/m0/s1. The molecular formula is C18H27N3O3S. The Kier molecular flexibility index (Phi) is 5.36. The summed E-state index contributed by atoms with van der Waals surface area (Å²) < 4.78 is 11.3. The van der Waals surface area contributed by atoms with Crippen molar-refractivity contribution < 1.29 is 14.3 Å². The van der Waals surface area contributed by atoms with Gasteiger partial charge in [0.25, 0.3) is 0 Å². The minimum atomic E-state index is 0.0780. The van der Waals surface area contributed by atoms with Gasteiger partial charge in [-0.25, -0.2) is 4.98 Å². The van der Waals surface area contributed by atoms with Gasteiger partial charge < -0.3 is 14.4 Å². The Morgan fingerprint density at radius 2 is 2.12 bits per heavy atom. The summed E-state index contributed by atoms with van der Waals surface area (Å²) in [5, 5.41) is 3.20. The van der Waals surface area contributed by atoms with Gasteiger partial charge in [-0.1, -0.05) is 0 Å². The van der Waals surface area contributed by atoms with Crippen LogP contribution in [0, 0.1) is 11.3 Å². The summed E-state index contributed by atoms with van der Waals surface area (Å²) in [5.41, 5.74) is 0.0780. The Balaban J connectivity index is 1.40.